The number of rotatable bonds is 3. The van der Waals surface area contributed by atoms with Crippen molar-refractivity contribution in [2.45, 2.75) is 63.8 Å². The average Bonchev–Trinajstić information content (AvgIpc) is 3.04. The second-order valence-corrected chi connectivity index (χ2v) is 7.31. The van der Waals surface area contributed by atoms with Gasteiger partial charge in [0.05, 0.1) is 11.2 Å². The zero-order chi connectivity index (χ0) is 14.2. The van der Waals surface area contributed by atoms with E-state index in [1.165, 1.54) is 23.4 Å². The van der Waals surface area contributed by atoms with Crippen LogP contribution in [-0.2, 0) is 17.6 Å². The topological polar surface area (TPSA) is 68.0 Å². The van der Waals surface area contributed by atoms with Gasteiger partial charge in [0.25, 0.3) is 0 Å². The van der Waals surface area contributed by atoms with Crippen molar-refractivity contribution in [2.75, 3.05) is 5.32 Å². The fourth-order valence-electron chi connectivity index (χ4n) is 3.30. The van der Waals surface area contributed by atoms with Gasteiger partial charge in [0.2, 0.25) is 5.91 Å². The molecule has 3 N–H and O–H groups in total. The zero-order valence-corrected chi connectivity index (χ0v) is 14.1. The van der Waals surface area contributed by atoms with Crippen molar-refractivity contribution in [3.63, 3.8) is 0 Å². The SMILES string of the molecule is CCC1CCc2nc(NC(=O)C3(N)CCCC3)sc2C1.Cl. The lowest BCUT2D eigenvalue weighted by Crippen LogP contribution is -2.48. The lowest BCUT2D eigenvalue weighted by atomic mass is 9.89. The molecule has 1 fully saturated rings. The standard InChI is InChI=1S/C15H23N3OS.ClH/c1-2-10-5-6-11-12(9-10)20-14(17-11)18-13(19)15(16)7-3-4-8-15;/h10H,2-9,16H2,1H3,(H,17,18,19);1H. The quantitative estimate of drug-likeness (QED) is 0.894. The molecule has 0 aromatic carbocycles. The number of nitrogens with zero attached hydrogens (tertiary/aromatic N) is 1. The first-order chi connectivity index (χ1) is 9.60. The van der Waals surface area contributed by atoms with Crippen molar-refractivity contribution in [1.29, 1.82) is 0 Å². The monoisotopic (exact) mass is 329 g/mol. The van der Waals surface area contributed by atoms with Gasteiger partial charge in [0.15, 0.2) is 5.13 Å². The zero-order valence-electron chi connectivity index (χ0n) is 12.5. The van der Waals surface area contributed by atoms with Crippen LogP contribution in [0.5, 0.6) is 0 Å². The molecule has 0 aliphatic heterocycles. The highest BCUT2D eigenvalue weighted by atomic mass is 35.5. The van der Waals surface area contributed by atoms with E-state index in [9.17, 15) is 4.79 Å². The summed E-state index contributed by atoms with van der Waals surface area (Å²) < 4.78 is 0. The summed E-state index contributed by atoms with van der Waals surface area (Å²) in [7, 11) is 0. The number of halogens is 1. The van der Waals surface area contributed by atoms with Gasteiger partial charge in [-0.3, -0.25) is 4.79 Å². The number of amides is 1. The number of nitrogens with one attached hydrogen (secondary N) is 1. The summed E-state index contributed by atoms with van der Waals surface area (Å²) in [5, 5.41) is 3.70. The van der Waals surface area contributed by atoms with E-state index >= 15 is 0 Å². The third-order valence-electron chi connectivity index (χ3n) is 4.79. The lowest BCUT2D eigenvalue weighted by molar-refractivity contribution is -0.121. The van der Waals surface area contributed by atoms with Crippen LogP contribution in [-0.4, -0.2) is 16.4 Å². The molecule has 2 aliphatic carbocycles. The predicted octanol–water partition coefficient (Wildman–Crippen LogP) is 3.29. The maximum absolute atomic E-state index is 12.3. The van der Waals surface area contributed by atoms with Gasteiger partial charge in [-0.05, 0) is 38.0 Å². The molecule has 4 nitrogen and oxygen atoms in total. The maximum Gasteiger partial charge on any atom is 0.246 e. The third-order valence-corrected chi connectivity index (χ3v) is 5.82. The Morgan fingerprint density at radius 3 is 2.86 bits per heavy atom. The largest absolute Gasteiger partial charge is 0.317 e. The number of nitrogens with two attached hydrogens (primary N) is 1. The van der Waals surface area contributed by atoms with E-state index in [0.29, 0.717) is 0 Å². The maximum atomic E-state index is 12.3. The number of hydrogen-bond acceptors (Lipinski definition) is 4. The van der Waals surface area contributed by atoms with Gasteiger partial charge >= 0.3 is 0 Å². The van der Waals surface area contributed by atoms with Crippen molar-refractivity contribution in [1.82, 2.24) is 4.98 Å². The normalized spacial score (nSPS) is 23.2. The van der Waals surface area contributed by atoms with E-state index in [1.807, 2.05) is 0 Å². The third kappa shape index (κ3) is 3.41. The fraction of sp³-hybridized carbons (Fsp3) is 0.733. The van der Waals surface area contributed by atoms with Crippen LogP contribution in [0.1, 0.15) is 56.0 Å². The number of aromatic nitrogens is 1. The highest BCUT2D eigenvalue weighted by molar-refractivity contribution is 7.15. The number of carbonyl (C=O) groups excluding carboxylic acids is 1. The Balaban J connectivity index is 0.00000161. The first-order valence-electron chi connectivity index (χ1n) is 7.69. The van der Waals surface area contributed by atoms with Crippen LogP contribution in [0.3, 0.4) is 0 Å². The Labute approximate surface area is 136 Å². The molecule has 118 valence electrons. The second-order valence-electron chi connectivity index (χ2n) is 6.22. The Morgan fingerprint density at radius 2 is 2.19 bits per heavy atom. The molecule has 1 saturated carbocycles. The highest BCUT2D eigenvalue weighted by Crippen LogP contribution is 2.34. The van der Waals surface area contributed by atoms with Crippen molar-refractivity contribution < 1.29 is 4.79 Å². The Hall–Kier alpha value is -0.650. The highest BCUT2D eigenvalue weighted by Gasteiger charge is 2.37. The Bertz CT molecular complexity index is 511. The summed E-state index contributed by atoms with van der Waals surface area (Å²) in [4.78, 5) is 18.3. The number of thiazole rings is 1. The Morgan fingerprint density at radius 1 is 1.48 bits per heavy atom. The summed E-state index contributed by atoms with van der Waals surface area (Å²) >= 11 is 1.64. The molecule has 0 saturated heterocycles. The van der Waals surface area contributed by atoms with Crippen molar-refractivity contribution in [2.24, 2.45) is 11.7 Å². The van der Waals surface area contributed by atoms with E-state index in [2.05, 4.69) is 17.2 Å². The van der Waals surface area contributed by atoms with E-state index in [0.717, 1.165) is 49.6 Å². The molecule has 1 unspecified atom stereocenters. The second kappa shape index (κ2) is 6.63. The molecule has 21 heavy (non-hydrogen) atoms. The molecule has 2 aliphatic rings. The summed E-state index contributed by atoms with van der Waals surface area (Å²) in [6.45, 7) is 2.25. The molecule has 1 atom stereocenters. The molecule has 1 aromatic heterocycles. The predicted molar refractivity (Wildman–Crippen MR) is 89.2 cm³/mol. The molecule has 1 amide bonds. The van der Waals surface area contributed by atoms with Crippen molar-refractivity contribution >= 4 is 34.8 Å². The van der Waals surface area contributed by atoms with Gasteiger partial charge in [-0.15, -0.1) is 23.7 Å². The molecule has 1 heterocycles. The average molecular weight is 330 g/mol. The number of anilines is 1. The van der Waals surface area contributed by atoms with Gasteiger partial charge in [0.1, 0.15) is 0 Å². The minimum Gasteiger partial charge on any atom is -0.317 e. The van der Waals surface area contributed by atoms with Gasteiger partial charge in [-0.25, -0.2) is 4.98 Å². The first-order valence-corrected chi connectivity index (χ1v) is 8.51. The number of aryl methyl sites for hydroxylation is 1. The minimum absolute atomic E-state index is 0. The van der Waals surface area contributed by atoms with Crippen molar-refractivity contribution in [3.05, 3.63) is 10.6 Å². The first kappa shape index (κ1) is 16.7. The van der Waals surface area contributed by atoms with Crippen LogP contribution in [0.2, 0.25) is 0 Å². The Kier molecular flexibility index (Phi) is 5.28. The molecule has 0 bridgehead atoms. The fourth-order valence-corrected chi connectivity index (χ4v) is 4.42. The summed E-state index contributed by atoms with van der Waals surface area (Å²) in [5.74, 6) is 0.732. The van der Waals surface area contributed by atoms with E-state index in [1.54, 1.807) is 11.3 Å². The van der Waals surface area contributed by atoms with Gasteiger partial charge < -0.3 is 11.1 Å². The van der Waals surface area contributed by atoms with Gasteiger partial charge in [0, 0.05) is 4.88 Å². The molecule has 6 heteroatoms. The summed E-state index contributed by atoms with van der Waals surface area (Å²) in [6, 6.07) is 0. The van der Waals surface area contributed by atoms with Gasteiger partial charge in [-0.1, -0.05) is 26.2 Å². The molecule has 0 spiro atoms. The molecule has 1 aromatic rings. The van der Waals surface area contributed by atoms with Crippen molar-refractivity contribution in [3.8, 4) is 0 Å². The molecule has 3 rings (SSSR count). The van der Waals surface area contributed by atoms with Crippen LogP contribution in [0, 0.1) is 5.92 Å². The molecular formula is C15H24ClN3OS. The number of carbonyl (C=O) groups is 1. The molecule has 0 radical (unpaired) electrons. The summed E-state index contributed by atoms with van der Waals surface area (Å²) in [6.07, 6.45) is 8.31. The summed E-state index contributed by atoms with van der Waals surface area (Å²) in [5.41, 5.74) is 6.70. The van der Waals surface area contributed by atoms with E-state index in [4.69, 9.17) is 5.73 Å². The number of hydrogen-bond donors (Lipinski definition) is 2. The van der Waals surface area contributed by atoms with Crippen LogP contribution >= 0.6 is 23.7 Å². The van der Waals surface area contributed by atoms with Crippen LogP contribution in [0.4, 0.5) is 5.13 Å². The van der Waals surface area contributed by atoms with Crippen LogP contribution < -0.4 is 11.1 Å². The lowest BCUT2D eigenvalue weighted by Gasteiger charge is -2.21. The van der Waals surface area contributed by atoms with Gasteiger partial charge in [-0.2, -0.15) is 0 Å². The van der Waals surface area contributed by atoms with E-state index in [-0.39, 0.29) is 18.3 Å². The van der Waals surface area contributed by atoms with Crippen LogP contribution in [0.15, 0.2) is 0 Å². The minimum atomic E-state index is -0.669. The number of fused-ring (bicyclic) bond motifs is 1. The molecular weight excluding hydrogens is 306 g/mol. The smallest absolute Gasteiger partial charge is 0.246 e. The van der Waals surface area contributed by atoms with E-state index < -0.39 is 5.54 Å². The van der Waals surface area contributed by atoms with Crippen LogP contribution in [0.25, 0.3) is 0 Å².